The maximum atomic E-state index is 9.64. The molecule has 0 rings (SSSR count). The summed E-state index contributed by atoms with van der Waals surface area (Å²) >= 11 is 0. The van der Waals surface area contributed by atoms with Crippen LogP contribution < -0.4 is 0 Å². The second-order valence-corrected chi connectivity index (χ2v) is 1.29. The first-order chi connectivity index (χ1) is 3.63. The molecule has 0 saturated carbocycles. The van der Waals surface area contributed by atoms with Crippen molar-refractivity contribution >= 4 is 35.0 Å². The van der Waals surface area contributed by atoms with Gasteiger partial charge in [-0.2, -0.15) is 0 Å². The monoisotopic (exact) mass is 208 g/mol. The molecule has 0 heterocycles. The fourth-order valence-corrected chi connectivity index (χ4v) is 0.214. The largest absolute Gasteiger partial charge is 2.00 e. The van der Waals surface area contributed by atoms with Gasteiger partial charge in [-0.25, -0.2) is 0 Å². The smallest absolute Gasteiger partial charge is 1.00 e. The molecule has 0 aromatic heterocycles. The minimum absolute atomic E-state index is 0. The van der Waals surface area contributed by atoms with Gasteiger partial charge in [0.25, 0.3) is 0 Å². The zero-order valence-electron chi connectivity index (χ0n) is 7.54. The summed E-state index contributed by atoms with van der Waals surface area (Å²) in [6, 6.07) is 0. The maximum Gasteiger partial charge on any atom is 2.00 e. The number of hydrogen-bond donors (Lipinski definition) is 2. The van der Waals surface area contributed by atoms with Crippen LogP contribution in [0.4, 0.5) is 0 Å². The molecule has 0 fully saturated rings. The zero-order valence-corrected chi connectivity index (χ0v) is 9.92. The van der Waals surface area contributed by atoms with E-state index in [2.05, 4.69) is 0 Å². The van der Waals surface area contributed by atoms with E-state index in [4.69, 9.17) is 10.2 Å². The molecule has 0 unspecified atom stereocenters. The third kappa shape index (κ3) is 15.8. The van der Waals surface area contributed by atoms with Gasteiger partial charge in [-0.1, -0.05) is 0 Å². The van der Waals surface area contributed by atoms with Gasteiger partial charge < -0.3 is 13.1 Å². The van der Waals surface area contributed by atoms with Gasteiger partial charge in [0.1, 0.15) is 0 Å². The Bertz CT molecular complexity index is 110. The summed E-state index contributed by atoms with van der Waals surface area (Å²) < 4.78 is 0. The van der Waals surface area contributed by atoms with E-state index >= 15 is 0 Å². The Morgan fingerprint density at radius 2 is 1.30 bits per heavy atom. The van der Waals surface area contributed by atoms with Gasteiger partial charge in [0.05, 0.1) is 12.8 Å². The molecule has 0 spiro atoms. The van der Waals surface area contributed by atoms with Crippen molar-refractivity contribution in [1.29, 1.82) is 0 Å². The van der Waals surface area contributed by atoms with Crippen molar-refractivity contribution in [1.82, 2.24) is 0 Å². The van der Waals surface area contributed by atoms with Crippen LogP contribution >= 0.6 is 0 Å². The van der Waals surface area contributed by atoms with Crippen LogP contribution in [-0.4, -0.2) is 45.2 Å². The summed E-state index contributed by atoms with van der Waals surface area (Å²) in [7, 11) is 0. The Kier molecular flexibility index (Phi) is 15.6. The average molecular weight is 210 g/mol. The van der Waals surface area contributed by atoms with Crippen LogP contribution in [0.1, 0.15) is 15.7 Å². The molecule has 0 radical (unpaired) electrons. The first-order valence-corrected chi connectivity index (χ1v) is 2.06. The summed E-state index contributed by atoms with van der Waals surface area (Å²) in [6.07, 6.45) is -0.593. The summed E-state index contributed by atoms with van der Waals surface area (Å²) in [5.41, 5.74) is 0. The normalized spacial score (nSPS) is 6.80. The topological polar surface area (TPSA) is 74.6 Å². The molecule has 0 amide bonds. The molecule has 52 valence electrons. The zero-order chi connectivity index (χ0) is 6.57. The summed E-state index contributed by atoms with van der Waals surface area (Å²) in [6.45, 7) is 0. The van der Waals surface area contributed by atoms with E-state index < -0.39 is 11.9 Å². The second kappa shape index (κ2) is 9.33. The van der Waals surface area contributed by atoms with E-state index in [-0.39, 0.29) is 58.2 Å². The Morgan fingerprint density at radius 3 is 1.40 bits per heavy atom. The molecule has 0 aliphatic carbocycles. The standard InChI is InChI=1S/C4H6O4.Mg.Zn.2H/c5-3(6)1-2-4(7)8;;;;/h1-2H2,(H,5,6)(H,7,8);;;;/q;+2;;2*-1. The van der Waals surface area contributed by atoms with Gasteiger partial charge in [0.15, 0.2) is 0 Å². The number of aliphatic carboxylic acids is 2. The van der Waals surface area contributed by atoms with E-state index in [0.29, 0.717) is 0 Å². The van der Waals surface area contributed by atoms with Crippen molar-refractivity contribution in [2.24, 2.45) is 0 Å². The minimum atomic E-state index is -1.08. The van der Waals surface area contributed by atoms with E-state index in [1.807, 2.05) is 0 Å². The van der Waals surface area contributed by atoms with Crippen LogP contribution in [0.5, 0.6) is 0 Å². The van der Waals surface area contributed by atoms with Crippen LogP contribution in [0.25, 0.3) is 0 Å². The molecule has 10 heavy (non-hydrogen) atoms. The van der Waals surface area contributed by atoms with Gasteiger partial charge in [0, 0.05) is 19.5 Å². The van der Waals surface area contributed by atoms with Crippen molar-refractivity contribution in [3.63, 3.8) is 0 Å². The molecule has 0 aromatic carbocycles. The molecule has 2 N–H and O–H groups in total. The third-order valence-electron chi connectivity index (χ3n) is 0.553. The molecule has 4 nitrogen and oxygen atoms in total. The molecule has 0 atom stereocenters. The molecule has 0 bridgehead atoms. The van der Waals surface area contributed by atoms with Crippen LogP contribution in [0, 0.1) is 0 Å². The van der Waals surface area contributed by atoms with Crippen molar-refractivity contribution < 1.29 is 42.1 Å². The number of rotatable bonds is 3. The van der Waals surface area contributed by atoms with Gasteiger partial charge in [-0.05, 0) is 0 Å². The summed E-state index contributed by atoms with van der Waals surface area (Å²) in [4.78, 5) is 19.3. The molecule has 6 heteroatoms. The molecule has 0 aliphatic heterocycles. The van der Waals surface area contributed by atoms with E-state index in [9.17, 15) is 9.59 Å². The summed E-state index contributed by atoms with van der Waals surface area (Å²) in [5.74, 6) is -2.15. The minimum Gasteiger partial charge on any atom is -1.00 e. The Labute approximate surface area is 89.9 Å². The fraction of sp³-hybridized carbons (Fsp3) is 0.500. The van der Waals surface area contributed by atoms with E-state index in [1.165, 1.54) is 0 Å². The Morgan fingerprint density at radius 1 is 1.10 bits per heavy atom. The second-order valence-electron chi connectivity index (χ2n) is 1.29. The fourth-order valence-electron chi connectivity index (χ4n) is 0.214. The van der Waals surface area contributed by atoms with Gasteiger partial charge >= 0.3 is 35.0 Å². The van der Waals surface area contributed by atoms with Crippen LogP contribution in [0.15, 0.2) is 0 Å². The molecular formula is C4H8MgO4Zn. The number of carboxylic acids is 2. The van der Waals surface area contributed by atoms with Gasteiger partial charge in [-0.3, -0.25) is 9.59 Å². The number of carbonyl (C=O) groups is 2. The molecule has 0 aromatic rings. The third-order valence-corrected chi connectivity index (χ3v) is 0.553. The van der Waals surface area contributed by atoms with Crippen LogP contribution in [-0.2, 0) is 29.1 Å². The first-order valence-electron chi connectivity index (χ1n) is 2.06. The average Bonchev–Trinajstić information content (AvgIpc) is 1.61. The van der Waals surface area contributed by atoms with Crippen molar-refractivity contribution in [2.45, 2.75) is 12.8 Å². The Balaban J connectivity index is -0.0000000408. The SMILES string of the molecule is O=C(O)CCC(=O)O.[H-].[H-].[Mg+2].[Zn]. The Hall–Kier alpha value is 0.330. The van der Waals surface area contributed by atoms with Crippen molar-refractivity contribution in [3.05, 3.63) is 0 Å². The molecule has 0 saturated heterocycles. The number of carboxylic acid groups (broad SMARTS) is 2. The van der Waals surface area contributed by atoms with Crippen LogP contribution in [0.2, 0.25) is 0 Å². The van der Waals surface area contributed by atoms with Crippen molar-refractivity contribution in [3.8, 4) is 0 Å². The molecule has 0 aliphatic rings. The predicted molar refractivity (Wildman–Crippen MR) is 32.5 cm³/mol. The molecular weight excluding hydrogens is 202 g/mol. The van der Waals surface area contributed by atoms with Crippen LogP contribution in [0.3, 0.4) is 0 Å². The maximum absolute atomic E-state index is 9.64. The predicted octanol–water partition coefficient (Wildman–Crippen LogP) is -0.222. The van der Waals surface area contributed by atoms with Gasteiger partial charge in [0.2, 0.25) is 0 Å². The van der Waals surface area contributed by atoms with Gasteiger partial charge in [-0.15, -0.1) is 0 Å². The van der Waals surface area contributed by atoms with E-state index in [0.717, 1.165) is 0 Å². The number of hydrogen-bond acceptors (Lipinski definition) is 2. The van der Waals surface area contributed by atoms with E-state index in [1.54, 1.807) is 0 Å². The first kappa shape index (κ1) is 16.7. The summed E-state index contributed by atoms with van der Waals surface area (Å²) in [5, 5.41) is 15.8. The quantitative estimate of drug-likeness (QED) is 0.631. The van der Waals surface area contributed by atoms with Crippen molar-refractivity contribution in [2.75, 3.05) is 0 Å².